The number of rotatable bonds is 4. The second-order valence-corrected chi connectivity index (χ2v) is 7.13. The summed E-state index contributed by atoms with van der Waals surface area (Å²) in [6, 6.07) is 18.7. The van der Waals surface area contributed by atoms with E-state index < -0.39 is 11.9 Å². The lowest BCUT2D eigenvalue weighted by Crippen LogP contribution is -2.41. The molecule has 6 nitrogen and oxygen atoms in total. The summed E-state index contributed by atoms with van der Waals surface area (Å²) in [7, 11) is 0. The molecule has 0 saturated carbocycles. The van der Waals surface area contributed by atoms with Crippen molar-refractivity contribution in [2.45, 2.75) is 39.3 Å². The van der Waals surface area contributed by atoms with Gasteiger partial charge in [-0.3, -0.25) is 4.90 Å². The van der Waals surface area contributed by atoms with E-state index >= 15 is 0 Å². The molecular weight excluding hydrogens is 370 g/mol. The highest BCUT2D eigenvalue weighted by Crippen LogP contribution is 2.29. The van der Waals surface area contributed by atoms with Gasteiger partial charge in [0.25, 0.3) is 0 Å². The van der Waals surface area contributed by atoms with Gasteiger partial charge in [0.2, 0.25) is 0 Å². The largest absolute Gasteiger partial charge is 0.508 e. The zero-order valence-corrected chi connectivity index (χ0v) is 16.7. The molecule has 2 aromatic carbocycles. The van der Waals surface area contributed by atoms with Crippen LogP contribution < -0.4 is 0 Å². The fraction of sp³-hybridized carbons (Fsp3) is 0.304. The molecule has 3 rings (SSSR count). The molecule has 0 amide bonds. The summed E-state index contributed by atoms with van der Waals surface area (Å²) in [5, 5.41) is 24.9. The van der Waals surface area contributed by atoms with Crippen molar-refractivity contribution in [3.63, 3.8) is 0 Å². The number of hydrogen-bond donors (Lipinski definition) is 3. The molecule has 29 heavy (non-hydrogen) atoms. The second kappa shape index (κ2) is 10.4. The molecule has 0 bridgehead atoms. The van der Waals surface area contributed by atoms with E-state index in [0.29, 0.717) is 11.8 Å². The fourth-order valence-corrected chi connectivity index (χ4v) is 3.40. The zero-order valence-electron chi connectivity index (χ0n) is 16.7. The Bertz CT molecular complexity index is 864. The van der Waals surface area contributed by atoms with Crippen LogP contribution in [0.15, 0.2) is 65.7 Å². The van der Waals surface area contributed by atoms with E-state index in [0.717, 1.165) is 31.5 Å². The molecule has 6 heteroatoms. The van der Waals surface area contributed by atoms with Crippen molar-refractivity contribution >= 4 is 11.9 Å². The lowest BCUT2D eigenvalue weighted by molar-refractivity contribution is -0.159. The van der Waals surface area contributed by atoms with Crippen LogP contribution in [0.1, 0.15) is 31.4 Å². The summed E-state index contributed by atoms with van der Waals surface area (Å²) in [6.45, 7) is 6.53. The molecule has 1 aliphatic rings. The van der Waals surface area contributed by atoms with Crippen LogP contribution in [0.2, 0.25) is 0 Å². The van der Waals surface area contributed by atoms with Crippen LogP contribution in [0, 0.1) is 0 Å². The minimum atomic E-state index is -1.82. The Morgan fingerprint density at radius 3 is 2.14 bits per heavy atom. The number of hydrogen-bond acceptors (Lipinski definition) is 4. The molecule has 1 heterocycles. The topological polar surface area (TPSA) is 98.1 Å². The predicted octanol–water partition coefficient (Wildman–Crippen LogP) is 3.70. The second-order valence-electron chi connectivity index (χ2n) is 7.13. The molecule has 0 radical (unpaired) electrons. The summed E-state index contributed by atoms with van der Waals surface area (Å²) in [4.78, 5) is 20.7. The van der Waals surface area contributed by atoms with Gasteiger partial charge >= 0.3 is 11.9 Å². The van der Waals surface area contributed by atoms with Gasteiger partial charge in [0.15, 0.2) is 0 Å². The molecule has 2 aromatic rings. The number of para-hydroxylation sites is 1. The van der Waals surface area contributed by atoms with Gasteiger partial charge in [-0.1, -0.05) is 59.7 Å². The van der Waals surface area contributed by atoms with E-state index in [-0.39, 0.29) is 0 Å². The number of aliphatic carboxylic acids is 2. The number of carboxylic acids is 2. The molecule has 0 saturated heterocycles. The molecule has 0 aliphatic carbocycles. The van der Waals surface area contributed by atoms with Crippen LogP contribution in [0.3, 0.4) is 0 Å². The maximum absolute atomic E-state index is 10.1. The van der Waals surface area contributed by atoms with Crippen molar-refractivity contribution in [2.24, 2.45) is 0 Å². The lowest BCUT2D eigenvalue weighted by Gasteiger charge is -2.38. The van der Waals surface area contributed by atoms with Crippen LogP contribution in [0.25, 0.3) is 0 Å². The normalized spacial score (nSPS) is 16.7. The lowest BCUT2D eigenvalue weighted by atomic mass is 9.89. The van der Waals surface area contributed by atoms with E-state index in [1.165, 1.54) is 16.7 Å². The standard InChI is InChI=1S/C21H25NO.C2H2O4/c1-16-12-13-22(15-18-8-4-3-5-9-18)20(17(16)2)14-19-10-6-7-11-21(19)23;3-1(4)2(5)6/h3-11,20,23H,12-15H2,1-2H3;(H,3,4)(H,5,6). The van der Waals surface area contributed by atoms with Crippen molar-refractivity contribution in [1.82, 2.24) is 4.90 Å². The van der Waals surface area contributed by atoms with Crippen molar-refractivity contribution in [3.8, 4) is 5.75 Å². The Hall–Kier alpha value is -3.12. The first-order valence-electron chi connectivity index (χ1n) is 9.47. The van der Waals surface area contributed by atoms with Crippen molar-refractivity contribution < 1.29 is 24.9 Å². The van der Waals surface area contributed by atoms with Gasteiger partial charge in [-0.25, -0.2) is 9.59 Å². The third-order valence-electron chi connectivity index (χ3n) is 5.20. The van der Waals surface area contributed by atoms with Gasteiger partial charge in [-0.2, -0.15) is 0 Å². The first-order valence-corrected chi connectivity index (χ1v) is 9.47. The van der Waals surface area contributed by atoms with Gasteiger partial charge in [-0.05, 0) is 43.9 Å². The Morgan fingerprint density at radius 2 is 1.55 bits per heavy atom. The van der Waals surface area contributed by atoms with Crippen molar-refractivity contribution in [2.75, 3.05) is 6.54 Å². The Morgan fingerprint density at radius 1 is 0.966 bits per heavy atom. The minimum Gasteiger partial charge on any atom is -0.508 e. The predicted molar refractivity (Wildman–Crippen MR) is 111 cm³/mol. The first-order chi connectivity index (χ1) is 13.8. The summed E-state index contributed by atoms with van der Waals surface area (Å²) >= 11 is 0. The quantitative estimate of drug-likeness (QED) is 0.538. The van der Waals surface area contributed by atoms with E-state index in [1.807, 2.05) is 18.2 Å². The van der Waals surface area contributed by atoms with Crippen LogP contribution in [-0.4, -0.2) is 44.7 Å². The molecule has 3 N–H and O–H groups in total. The molecule has 0 spiro atoms. The molecule has 154 valence electrons. The van der Waals surface area contributed by atoms with E-state index in [9.17, 15) is 5.11 Å². The summed E-state index contributed by atoms with van der Waals surface area (Å²) < 4.78 is 0. The number of carbonyl (C=O) groups is 2. The number of phenolic OH excluding ortho intramolecular Hbond substituents is 1. The van der Waals surface area contributed by atoms with Crippen LogP contribution in [0.5, 0.6) is 5.75 Å². The molecule has 0 fully saturated rings. The smallest absolute Gasteiger partial charge is 0.414 e. The van der Waals surface area contributed by atoms with E-state index in [2.05, 4.69) is 49.1 Å². The molecule has 1 unspecified atom stereocenters. The summed E-state index contributed by atoms with van der Waals surface area (Å²) in [6.07, 6.45) is 2.00. The molecular formula is C23H27NO5. The highest BCUT2D eigenvalue weighted by atomic mass is 16.4. The van der Waals surface area contributed by atoms with E-state index in [1.54, 1.807) is 6.07 Å². The first kappa shape index (κ1) is 22.2. The Labute approximate surface area is 170 Å². The Balaban J connectivity index is 0.000000438. The van der Waals surface area contributed by atoms with Gasteiger partial charge in [0.1, 0.15) is 5.75 Å². The monoisotopic (exact) mass is 397 g/mol. The van der Waals surface area contributed by atoms with Crippen molar-refractivity contribution in [3.05, 3.63) is 76.9 Å². The maximum Gasteiger partial charge on any atom is 0.414 e. The number of phenols is 1. The zero-order chi connectivity index (χ0) is 21.4. The molecule has 0 aromatic heterocycles. The van der Waals surface area contributed by atoms with Gasteiger partial charge in [0.05, 0.1) is 0 Å². The number of carboxylic acid groups (broad SMARTS) is 2. The third kappa shape index (κ3) is 6.47. The average Bonchev–Trinajstić information content (AvgIpc) is 2.70. The molecule has 1 aliphatic heterocycles. The minimum absolute atomic E-state index is 0.359. The van der Waals surface area contributed by atoms with Crippen LogP contribution in [-0.2, 0) is 22.6 Å². The SMILES string of the molecule is CC1=C(C)C(Cc2ccccc2O)N(Cc2ccccc2)CC1.O=C(O)C(=O)O. The maximum atomic E-state index is 10.1. The van der Waals surface area contributed by atoms with Gasteiger partial charge < -0.3 is 15.3 Å². The summed E-state index contributed by atoms with van der Waals surface area (Å²) in [5.74, 6) is -3.24. The summed E-state index contributed by atoms with van der Waals surface area (Å²) in [5.41, 5.74) is 5.33. The highest BCUT2D eigenvalue weighted by molar-refractivity contribution is 6.27. The third-order valence-corrected chi connectivity index (χ3v) is 5.20. The average molecular weight is 397 g/mol. The fourth-order valence-electron chi connectivity index (χ4n) is 3.40. The van der Waals surface area contributed by atoms with Gasteiger partial charge in [-0.15, -0.1) is 0 Å². The van der Waals surface area contributed by atoms with E-state index in [4.69, 9.17) is 19.8 Å². The molecule has 1 atom stereocenters. The van der Waals surface area contributed by atoms with Gasteiger partial charge in [0, 0.05) is 19.1 Å². The van der Waals surface area contributed by atoms with Crippen LogP contribution >= 0.6 is 0 Å². The van der Waals surface area contributed by atoms with Crippen molar-refractivity contribution in [1.29, 1.82) is 0 Å². The van der Waals surface area contributed by atoms with Crippen LogP contribution in [0.4, 0.5) is 0 Å². The Kier molecular flexibility index (Phi) is 7.98. The highest BCUT2D eigenvalue weighted by Gasteiger charge is 2.26. The number of nitrogens with zero attached hydrogens (tertiary/aromatic N) is 1. The number of aromatic hydroxyl groups is 1. The number of benzene rings is 2.